The number of hydrogen-bond acceptors (Lipinski definition) is 0. The van der Waals surface area contributed by atoms with E-state index in [-0.39, 0.29) is 0 Å². The van der Waals surface area contributed by atoms with Crippen molar-refractivity contribution in [1.82, 2.24) is 9.13 Å². The molecule has 0 atom stereocenters. The molecule has 12 aromatic rings. The maximum atomic E-state index is 2.43. The van der Waals surface area contributed by atoms with Crippen LogP contribution in [0.5, 0.6) is 0 Å². The molecule has 2 heteroatoms. The van der Waals surface area contributed by atoms with E-state index in [1.807, 2.05) is 0 Å². The zero-order valence-corrected chi connectivity index (χ0v) is 30.5. The molecule has 0 amide bonds. The lowest BCUT2D eigenvalue weighted by Crippen LogP contribution is -1.94. The monoisotopic (exact) mass is 710 g/mol. The van der Waals surface area contributed by atoms with Crippen LogP contribution < -0.4 is 0 Å². The molecule has 2 aromatic heterocycles. The third kappa shape index (κ3) is 4.63. The topological polar surface area (TPSA) is 9.86 Å². The molecule has 0 aliphatic rings. The Labute approximate surface area is 323 Å². The van der Waals surface area contributed by atoms with Crippen molar-refractivity contribution in [2.45, 2.75) is 0 Å². The van der Waals surface area contributed by atoms with E-state index in [9.17, 15) is 0 Å². The van der Waals surface area contributed by atoms with Crippen molar-refractivity contribution >= 4 is 75.9 Å². The highest BCUT2D eigenvalue weighted by molar-refractivity contribution is 6.15. The zero-order chi connectivity index (χ0) is 36.7. The first-order valence-corrected chi connectivity index (χ1v) is 19.3. The first-order chi connectivity index (χ1) is 27.8. The molecule has 0 aliphatic carbocycles. The van der Waals surface area contributed by atoms with Gasteiger partial charge in [-0.1, -0.05) is 133 Å². The molecular formula is C54H34N2. The van der Waals surface area contributed by atoms with Gasteiger partial charge in [-0.05, 0) is 127 Å². The molecule has 56 heavy (non-hydrogen) atoms. The van der Waals surface area contributed by atoms with Gasteiger partial charge in [0, 0.05) is 32.9 Å². The number of aromatic nitrogens is 2. The van der Waals surface area contributed by atoms with E-state index in [0.717, 1.165) is 5.69 Å². The van der Waals surface area contributed by atoms with Crippen molar-refractivity contribution < 1.29 is 0 Å². The van der Waals surface area contributed by atoms with Gasteiger partial charge >= 0.3 is 0 Å². The minimum atomic E-state index is 1.16. The number of para-hydroxylation sites is 3. The fourth-order valence-corrected chi connectivity index (χ4v) is 9.27. The van der Waals surface area contributed by atoms with Crippen LogP contribution in [0.2, 0.25) is 0 Å². The van der Waals surface area contributed by atoms with Gasteiger partial charge in [0.1, 0.15) is 0 Å². The quantitative estimate of drug-likeness (QED) is 0.161. The van der Waals surface area contributed by atoms with E-state index >= 15 is 0 Å². The number of fused-ring (bicyclic) bond motifs is 10. The van der Waals surface area contributed by atoms with Crippen LogP contribution in [0.25, 0.3) is 110 Å². The summed E-state index contributed by atoms with van der Waals surface area (Å²) in [7, 11) is 0. The SMILES string of the molecule is c1ccc(-n2c3ccccc3c3cc(-c4ccc5c(c4)c4ccccc4n5-c4ccc5cc(-c6cc7ccccc7c7ccccc67)ccc5c4)ccc32)cc1. The van der Waals surface area contributed by atoms with Crippen LogP contribution in [0, 0.1) is 0 Å². The summed E-state index contributed by atoms with van der Waals surface area (Å²) in [6.45, 7) is 0. The third-order valence-corrected chi connectivity index (χ3v) is 11.9. The Kier molecular flexibility index (Phi) is 6.66. The summed E-state index contributed by atoms with van der Waals surface area (Å²) in [6, 6.07) is 75.8. The van der Waals surface area contributed by atoms with Gasteiger partial charge in [-0.15, -0.1) is 0 Å². The molecule has 0 N–H and O–H groups in total. The zero-order valence-electron chi connectivity index (χ0n) is 30.5. The van der Waals surface area contributed by atoms with E-state index in [1.54, 1.807) is 0 Å². The Balaban J connectivity index is 0.977. The van der Waals surface area contributed by atoms with Crippen LogP contribution in [-0.2, 0) is 0 Å². The van der Waals surface area contributed by atoms with Gasteiger partial charge in [-0.3, -0.25) is 0 Å². The van der Waals surface area contributed by atoms with Gasteiger partial charge in [0.2, 0.25) is 0 Å². The average Bonchev–Trinajstić information content (AvgIpc) is 3.78. The van der Waals surface area contributed by atoms with Crippen LogP contribution >= 0.6 is 0 Å². The van der Waals surface area contributed by atoms with Crippen LogP contribution in [0.4, 0.5) is 0 Å². The van der Waals surface area contributed by atoms with E-state index in [1.165, 1.54) is 104 Å². The largest absolute Gasteiger partial charge is 0.309 e. The van der Waals surface area contributed by atoms with Crippen molar-refractivity contribution in [2.24, 2.45) is 0 Å². The summed E-state index contributed by atoms with van der Waals surface area (Å²) < 4.78 is 4.80. The number of rotatable bonds is 4. The van der Waals surface area contributed by atoms with Gasteiger partial charge in [-0.25, -0.2) is 0 Å². The molecule has 0 radical (unpaired) electrons. The molecule has 0 aliphatic heterocycles. The molecule has 260 valence electrons. The summed E-state index contributed by atoms with van der Waals surface area (Å²) in [4.78, 5) is 0. The van der Waals surface area contributed by atoms with Crippen molar-refractivity contribution in [3.05, 3.63) is 206 Å². The molecule has 0 spiro atoms. The number of nitrogens with zero attached hydrogens (tertiary/aromatic N) is 2. The maximum absolute atomic E-state index is 2.43. The standard InChI is InChI=1S/C54H34N2/c1-2-13-41(14-3-1)55-51-20-10-8-18-46(51)49-32-37(25-28-53(49)55)38-26-29-54-50(33-38)47-19-9-11-21-52(47)56(54)42-27-24-35-30-40(23-22-36(35)31-42)48-34-39-12-4-5-15-43(39)44-16-6-7-17-45(44)48/h1-34H. The van der Waals surface area contributed by atoms with Gasteiger partial charge in [0.15, 0.2) is 0 Å². The molecule has 0 saturated carbocycles. The number of hydrogen-bond donors (Lipinski definition) is 0. The van der Waals surface area contributed by atoms with E-state index < -0.39 is 0 Å². The van der Waals surface area contributed by atoms with Gasteiger partial charge in [0.05, 0.1) is 22.1 Å². The molecular weight excluding hydrogens is 677 g/mol. The molecule has 0 unspecified atom stereocenters. The third-order valence-electron chi connectivity index (χ3n) is 11.9. The molecule has 0 fully saturated rings. The first-order valence-electron chi connectivity index (χ1n) is 19.3. The molecule has 2 heterocycles. The normalized spacial score (nSPS) is 11.9. The Bertz CT molecular complexity index is 3530. The fourth-order valence-electron chi connectivity index (χ4n) is 9.27. The Morgan fingerprint density at radius 2 is 0.732 bits per heavy atom. The van der Waals surface area contributed by atoms with Crippen molar-refractivity contribution in [3.8, 4) is 33.6 Å². The Hall–Kier alpha value is -7.42. The summed E-state index contributed by atoms with van der Waals surface area (Å²) >= 11 is 0. The lowest BCUT2D eigenvalue weighted by atomic mass is 9.92. The second-order valence-corrected chi connectivity index (χ2v) is 14.9. The summed E-state index contributed by atoms with van der Waals surface area (Å²) in [6.07, 6.45) is 0. The summed E-state index contributed by atoms with van der Waals surface area (Å²) in [5.74, 6) is 0. The van der Waals surface area contributed by atoms with Crippen LogP contribution in [0.15, 0.2) is 206 Å². The minimum Gasteiger partial charge on any atom is -0.309 e. The van der Waals surface area contributed by atoms with Gasteiger partial charge in [-0.2, -0.15) is 0 Å². The van der Waals surface area contributed by atoms with E-state index in [2.05, 4.69) is 215 Å². The predicted octanol–water partition coefficient (Wildman–Crippen LogP) is 14.7. The van der Waals surface area contributed by atoms with Crippen LogP contribution in [0.3, 0.4) is 0 Å². The lowest BCUT2D eigenvalue weighted by Gasteiger charge is -2.13. The first kappa shape index (κ1) is 31.0. The highest BCUT2D eigenvalue weighted by Crippen LogP contribution is 2.40. The Morgan fingerprint density at radius 1 is 0.232 bits per heavy atom. The van der Waals surface area contributed by atoms with Crippen LogP contribution in [-0.4, -0.2) is 9.13 Å². The highest BCUT2D eigenvalue weighted by Gasteiger charge is 2.17. The smallest absolute Gasteiger partial charge is 0.0541 e. The van der Waals surface area contributed by atoms with Gasteiger partial charge < -0.3 is 9.13 Å². The highest BCUT2D eigenvalue weighted by atomic mass is 15.0. The van der Waals surface area contributed by atoms with Crippen molar-refractivity contribution in [2.75, 3.05) is 0 Å². The molecule has 0 bridgehead atoms. The number of benzene rings is 10. The molecule has 10 aromatic carbocycles. The second kappa shape index (κ2) is 12.0. The fraction of sp³-hybridized carbons (Fsp3) is 0. The van der Waals surface area contributed by atoms with Crippen LogP contribution in [0.1, 0.15) is 0 Å². The van der Waals surface area contributed by atoms with E-state index in [4.69, 9.17) is 0 Å². The van der Waals surface area contributed by atoms with Crippen molar-refractivity contribution in [3.63, 3.8) is 0 Å². The van der Waals surface area contributed by atoms with Crippen molar-refractivity contribution in [1.29, 1.82) is 0 Å². The summed E-state index contributed by atoms with van der Waals surface area (Å²) in [5, 5.41) is 12.6. The van der Waals surface area contributed by atoms with E-state index in [0.29, 0.717) is 0 Å². The molecule has 12 rings (SSSR count). The van der Waals surface area contributed by atoms with Gasteiger partial charge in [0.25, 0.3) is 0 Å². The maximum Gasteiger partial charge on any atom is 0.0541 e. The molecule has 0 saturated heterocycles. The lowest BCUT2D eigenvalue weighted by molar-refractivity contribution is 1.18. The minimum absolute atomic E-state index is 1.16. The average molecular weight is 711 g/mol. The Morgan fingerprint density at radius 3 is 1.43 bits per heavy atom. The summed E-state index contributed by atoms with van der Waals surface area (Å²) in [5.41, 5.74) is 12.1. The second-order valence-electron chi connectivity index (χ2n) is 14.9. The predicted molar refractivity (Wildman–Crippen MR) is 239 cm³/mol. The molecule has 2 nitrogen and oxygen atoms in total.